The van der Waals surface area contributed by atoms with Gasteiger partial charge in [-0.15, -0.1) is 0 Å². The van der Waals surface area contributed by atoms with Gasteiger partial charge in [-0.05, 0) is 59.8 Å². The Hall–Kier alpha value is -1.34. The fourth-order valence-corrected chi connectivity index (χ4v) is 2.24. The average molecular weight is 293 g/mol. The van der Waals surface area contributed by atoms with Crippen LogP contribution in [0.15, 0.2) is 22.7 Å². The van der Waals surface area contributed by atoms with Gasteiger partial charge in [-0.3, -0.25) is 4.79 Å². The standard InChI is InChI=1S/C13H13BrN2O/c1-9-3-4-10(14)11(7-9)16-12(17)13(8-15)5-2-6-13/h3-4,7H,2,5-6H2,1H3,(H,16,17). The molecule has 1 aromatic carbocycles. The third-order valence-corrected chi connectivity index (χ3v) is 3.92. The number of nitrogens with one attached hydrogen (secondary N) is 1. The van der Waals surface area contributed by atoms with E-state index in [9.17, 15) is 4.79 Å². The van der Waals surface area contributed by atoms with Crippen LogP contribution < -0.4 is 5.32 Å². The van der Waals surface area contributed by atoms with Gasteiger partial charge in [0.1, 0.15) is 5.41 Å². The highest BCUT2D eigenvalue weighted by Gasteiger charge is 2.44. The summed E-state index contributed by atoms with van der Waals surface area (Å²) in [6, 6.07) is 7.89. The van der Waals surface area contributed by atoms with Crippen molar-refractivity contribution in [3.63, 3.8) is 0 Å². The van der Waals surface area contributed by atoms with Gasteiger partial charge in [0.05, 0.1) is 11.8 Å². The van der Waals surface area contributed by atoms with E-state index in [-0.39, 0.29) is 5.91 Å². The molecule has 0 bridgehead atoms. The molecule has 0 radical (unpaired) electrons. The fraction of sp³-hybridized carbons (Fsp3) is 0.385. The molecule has 0 aliphatic heterocycles. The number of carbonyl (C=O) groups excluding carboxylic acids is 1. The van der Waals surface area contributed by atoms with E-state index >= 15 is 0 Å². The Labute approximate surface area is 109 Å². The maximum Gasteiger partial charge on any atom is 0.244 e. The fourth-order valence-electron chi connectivity index (χ4n) is 1.90. The largest absolute Gasteiger partial charge is 0.324 e. The van der Waals surface area contributed by atoms with Crippen LogP contribution in [0, 0.1) is 23.7 Å². The first-order valence-corrected chi connectivity index (χ1v) is 6.35. The second-order valence-corrected chi connectivity index (χ2v) is 5.34. The summed E-state index contributed by atoms with van der Waals surface area (Å²) in [6.07, 6.45) is 2.29. The summed E-state index contributed by atoms with van der Waals surface area (Å²) >= 11 is 3.39. The minimum Gasteiger partial charge on any atom is -0.324 e. The van der Waals surface area contributed by atoms with E-state index < -0.39 is 5.41 Å². The number of benzene rings is 1. The molecule has 88 valence electrons. The first-order valence-electron chi connectivity index (χ1n) is 5.56. The van der Waals surface area contributed by atoms with Gasteiger partial charge in [0.15, 0.2) is 0 Å². The zero-order chi connectivity index (χ0) is 12.5. The molecule has 0 unspecified atom stereocenters. The normalized spacial score (nSPS) is 16.8. The van der Waals surface area contributed by atoms with Crippen molar-refractivity contribution in [2.45, 2.75) is 26.2 Å². The molecule has 0 aromatic heterocycles. The number of aryl methyl sites for hydroxylation is 1. The molecule has 1 aliphatic carbocycles. The summed E-state index contributed by atoms with van der Waals surface area (Å²) in [7, 11) is 0. The lowest BCUT2D eigenvalue weighted by atomic mass is 9.69. The summed E-state index contributed by atoms with van der Waals surface area (Å²) in [5.74, 6) is -0.183. The topological polar surface area (TPSA) is 52.9 Å². The highest BCUT2D eigenvalue weighted by Crippen LogP contribution is 2.41. The molecule has 1 amide bonds. The van der Waals surface area contributed by atoms with Gasteiger partial charge in [0.2, 0.25) is 5.91 Å². The molecule has 1 N–H and O–H groups in total. The Kier molecular flexibility index (Phi) is 3.21. The van der Waals surface area contributed by atoms with Crippen LogP contribution in [0.25, 0.3) is 0 Å². The second-order valence-electron chi connectivity index (χ2n) is 4.48. The van der Waals surface area contributed by atoms with E-state index in [1.807, 2.05) is 25.1 Å². The van der Waals surface area contributed by atoms with Crippen molar-refractivity contribution < 1.29 is 4.79 Å². The minimum atomic E-state index is -0.802. The molecule has 4 heteroatoms. The number of hydrogen-bond donors (Lipinski definition) is 1. The number of halogens is 1. The Bertz CT molecular complexity index is 501. The third kappa shape index (κ3) is 2.20. The zero-order valence-electron chi connectivity index (χ0n) is 9.59. The average Bonchev–Trinajstić information content (AvgIpc) is 2.23. The summed E-state index contributed by atoms with van der Waals surface area (Å²) < 4.78 is 0.837. The number of carbonyl (C=O) groups is 1. The van der Waals surface area contributed by atoms with Crippen LogP contribution in [-0.2, 0) is 4.79 Å². The van der Waals surface area contributed by atoms with Gasteiger partial charge >= 0.3 is 0 Å². The predicted molar refractivity (Wildman–Crippen MR) is 69.4 cm³/mol. The van der Waals surface area contributed by atoms with Gasteiger partial charge in [-0.2, -0.15) is 5.26 Å². The lowest BCUT2D eigenvalue weighted by molar-refractivity contribution is -0.126. The third-order valence-electron chi connectivity index (χ3n) is 3.23. The molecule has 0 atom stereocenters. The molecule has 3 nitrogen and oxygen atoms in total. The van der Waals surface area contributed by atoms with E-state index in [2.05, 4.69) is 27.3 Å². The van der Waals surface area contributed by atoms with Crippen molar-refractivity contribution in [1.29, 1.82) is 5.26 Å². The smallest absolute Gasteiger partial charge is 0.244 e. The first-order chi connectivity index (χ1) is 8.07. The zero-order valence-corrected chi connectivity index (χ0v) is 11.2. The predicted octanol–water partition coefficient (Wildman–Crippen LogP) is 3.39. The first kappa shape index (κ1) is 12.1. The monoisotopic (exact) mass is 292 g/mol. The van der Waals surface area contributed by atoms with Crippen LogP contribution in [0.1, 0.15) is 24.8 Å². The number of nitriles is 1. The number of amides is 1. The van der Waals surface area contributed by atoms with Crippen LogP contribution in [0.3, 0.4) is 0 Å². The number of rotatable bonds is 2. The van der Waals surface area contributed by atoms with E-state index in [0.717, 1.165) is 22.1 Å². The highest BCUT2D eigenvalue weighted by molar-refractivity contribution is 9.10. The van der Waals surface area contributed by atoms with Crippen LogP contribution in [-0.4, -0.2) is 5.91 Å². The van der Waals surface area contributed by atoms with Crippen LogP contribution in [0.4, 0.5) is 5.69 Å². The summed E-state index contributed by atoms with van der Waals surface area (Å²) in [6.45, 7) is 1.96. The number of anilines is 1. The second kappa shape index (κ2) is 4.50. The minimum absolute atomic E-state index is 0.183. The Morgan fingerprint density at radius 1 is 1.53 bits per heavy atom. The summed E-state index contributed by atoms with van der Waals surface area (Å²) in [5, 5.41) is 11.9. The molecular weight excluding hydrogens is 280 g/mol. The summed E-state index contributed by atoms with van der Waals surface area (Å²) in [4.78, 5) is 12.1. The molecule has 1 fully saturated rings. The molecule has 1 aliphatic rings. The van der Waals surface area contributed by atoms with Crippen molar-refractivity contribution in [3.8, 4) is 6.07 Å². The molecule has 0 heterocycles. The van der Waals surface area contributed by atoms with E-state index in [1.54, 1.807) is 0 Å². The quantitative estimate of drug-likeness (QED) is 0.908. The summed E-state index contributed by atoms with van der Waals surface area (Å²) in [5.41, 5.74) is 1.00. The van der Waals surface area contributed by atoms with Crippen LogP contribution in [0.5, 0.6) is 0 Å². The van der Waals surface area contributed by atoms with Crippen LogP contribution in [0.2, 0.25) is 0 Å². The van der Waals surface area contributed by atoms with Crippen molar-refractivity contribution in [2.24, 2.45) is 5.41 Å². The van der Waals surface area contributed by atoms with Crippen molar-refractivity contribution in [1.82, 2.24) is 0 Å². The van der Waals surface area contributed by atoms with Crippen molar-refractivity contribution >= 4 is 27.5 Å². The lowest BCUT2D eigenvalue weighted by Gasteiger charge is -2.33. The number of nitrogens with zero attached hydrogens (tertiary/aromatic N) is 1. The Balaban J connectivity index is 2.19. The van der Waals surface area contributed by atoms with Gasteiger partial charge in [0.25, 0.3) is 0 Å². The maximum atomic E-state index is 12.1. The van der Waals surface area contributed by atoms with E-state index in [4.69, 9.17) is 5.26 Å². The van der Waals surface area contributed by atoms with Gasteiger partial charge in [-0.25, -0.2) is 0 Å². The number of hydrogen-bond acceptors (Lipinski definition) is 2. The molecule has 1 saturated carbocycles. The molecule has 0 spiro atoms. The SMILES string of the molecule is Cc1ccc(Br)c(NC(=O)C2(C#N)CCC2)c1. The van der Waals surface area contributed by atoms with E-state index in [0.29, 0.717) is 12.8 Å². The highest BCUT2D eigenvalue weighted by atomic mass is 79.9. The van der Waals surface area contributed by atoms with E-state index in [1.165, 1.54) is 0 Å². The molecule has 1 aromatic rings. The van der Waals surface area contributed by atoms with Gasteiger partial charge in [-0.1, -0.05) is 6.07 Å². The van der Waals surface area contributed by atoms with Crippen LogP contribution >= 0.6 is 15.9 Å². The van der Waals surface area contributed by atoms with Gasteiger partial charge < -0.3 is 5.32 Å². The molecule has 17 heavy (non-hydrogen) atoms. The van der Waals surface area contributed by atoms with Gasteiger partial charge in [0, 0.05) is 4.47 Å². The van der Waals surface area contributed by atoms with Crippen molar-refractivity contribution in [2.75, 3.05) is 5.32 Å². The Morgan fingerprint density at radius 3 is 2.76 bits per heavy atom. The maximum absolute atomic E-state index is 12.1. The Morgan fingerprint density at radius 2 is 2.24 bits per heavy atom. The molecule has 2 rings (SSSR count). The lowest BCUT2D eigenvalue weighted by Crippen LogP contribution is -2.40. The van der Waals surface area contributed by atoms with Crippen molar-refractivity contribution in [3.05, 3.63) is 28.2 Å². The molecular formula is C13H13BrN2O. The molecule has 0 saturated heterocycles.